The zero-order valence-electron chi connectivity index (χ0n) is 16.1. The summed E-state index contributed by atoms with van der Waals surface area (Å²) in [7, 11) is 0. The second-order valence-corrected chi connectivity index (χ2v) is 20.9. The van der Waals surface area contributed by atoms with E-state index in [9.17, 15) is 0 Å². The molecule has 0 aliphatic heterocycles. The fourth-order valence-corrected chi connectivity index (χ4v) is 2.92. The van der Waals surface area contributed by atoms with E-state index in [0.29, 0.717) is 0 Å². The second kappa shape index (κ2) is 25.8. The molecule has 23 heavy (non-hydrogen) atoms. The maximum Gasteiger partial charge on any atom is -0.0414 e. The molecule has 3 heteroatoms. The molecular weight excluding hydrogens is 465 g/mol. The molecule has 0 saturated heterocycles. The standard InChI is InChI=1S/C20H41.2BrH.Zn/c1-4-6-8-10-12-13-15-17-19-20(3)18-16-14-11-9-7-5-2;;;/h20H,3-19H2,1-2H3;2*1H;/q;;;+2/p-2. The van der Waals surface area contributed by atoms with E-state index in [1.807, 2.05) is 0 Å². The maximum absolute atomic E-state index is 4.33. The summed E-state index contributed by atoms with van der Waals surface area (Å²) in [5.41, 5.74) is 0. The Hall–Kier alpha value is 1.58. The van der Waals surface area contributed by atoms with Crippen LogP contribution in [0.15, 0.2) is 0 Å². The van der Waals surface area contributed by atoms with E-state index < -0.39 is 0 Å². The Morgan fingerprint density at radius 1 is 0.609 bits per heavy atom. The summed E-state index contributed by atoms with van der Waals surface area (Å²) in [6, 6.07) is 0. The average Bonchev–Trinajstić information content (AvgIpc) is 2.54. The van der Waals surface area contributed by atoms with Gasteiger partial charge in [0, 0.05) is 0 Å². The molecule has 0 saturated carbocycles. The van der Waals surface area contributed by atoms with Crippen LogP contribution in [-0.2, 0) is 13.2 Å². The van der Waals surface area contributed by atoms with Crippen LogP contribution in [0.2, 0.25) is 0 Å². The molecule has 0 aromatic heterocycles. The van der Waals surface area contributed by atoms with Gasteiger partial charge in [-0.25, -0.2) is 0 Å². The largest absolute Gasteiger partial charge is 0.0654 e. The Kier molecular flexibility index (Phi) is 30.1. The molecule has 0 N–H and O–H groups in total. The molecule has 0 aliphatic rings. The van der Waals surface area contributed by atoms with Gasteiger partial charge in [-0.2, -0.15) is 0 Å². The summed E-state index contributed by atoms with van der Waals surface area (Å²) in [5.74, 6) is 0.723. The van der Waals surface area contributed by atoms with Crippen LogP contribution in [0.1, 0.15) is 117 Å². The summed E-state index contributed by atoms with van der Waals surface area (Å²) in [5, 5.41) is 0. The molecule has 0 aromatic carbocycles. The number of hydrogen-bond donors (Lipinski definition) is 0. The minimum absolute atomic E-state index is 0.250. The van der Waals surface area contributed by atoms with E-state index in [0.717, 1.165) is 5.92 Å². The Labute approximate surface area is 169 Å². The average molecular weight is 507 g/mol. The van der Waals surface area contributed by atoms with Gasteiger partial charge in [0.2, 0.25) is 0 Å². The van der Waals surface area contributed by atoms with Crippen molar-refractivity contribution in [1.29, 1.82) is 0 Å². The third kappa shape index (κ3) is 28.6. The van der Waals surface area contributed by atoms with Crippen LogP contribution in [0.3, 0.4) is 0 Å². The molecule has 0 spiro atoms. The van der Waals surface area contributed by atoms with Crippen molar-refractivity contribution in [3.8, 4) is 0 Å². The van der Waals surface area contributed by atoms with Crippen molar-refractivity contribution in [3.63, 3.8) is 0 Å². The molecular formula is C20H41Br2Zn. The van der Waals surface area contributed by atoms with Crippen LogP contribution >= 0.6 is 27.2 Å². The first-order valence-electron chi connectivity index (χ1n) is 10.2. The van der Waals surface area contributed by atoms with Gasteiger partial charge in [-0.05, 0) is 5.92 Å². The predicted octanol–water partition coefficient (Wildman–Crippen LogP) is 9.41. The topological polar surface area (TPSA) is 0 Å². The van der Waals surface area contributed by atoms with Gasteiger partial charge in [0.25, 0.3) is 0 Å². The minimum Gasteiger partial charge on any atom is -0.0654 e. The summed E-state index contributed by atoms with van der Waals surface area (Å²) >= 11 is 6.25. The zero-order chi connectivity index (χ0) is 17.6. The van der Waals surface area contributed by atoms with Crippen LogP contribution in [0.4, 0.5) is 0 Å². The fourth-order valence-electron chi connectivity index (χ4n) is 2.92. The Morgan fingerprint density at radius 2 is 0.870 bits per heavy atom. The molecule has 0 nitrogen and oxygen atoms in total. The predicted molar refractivity (Wildman–Crippen MR) is 112 cm³/mol. The number of halogens is 2. The first kappa shape index (κ1) is 26.8. The summed E-state index contributed by atoms with van der Waals surface area (Å²) in [6.07, 6.45) is 22.7. The van der Waals surface area contributed by atoms with Crippen molar-refractivity contribution >= 4 is 27.2 Å². The molecule has 0 rings (SSSR count). The van der Waals surface area contributed by atoms with E-state index in [4.69, 9.17) is 0 Å². The van der Waals surface area contributed by atoms with Gasteiger partial charge >= 0.3 is 40.5 Å². The smallest absolute Gasteiger partial charge is 0.0414 e. The summed E-state index contributed by atoms with van der Waals surface area (Å²) < 4.78 is 0. The molecule has 1 unspecified atom stereocenters. The van der Waals surface area contributed by atoms with Gasteiger partial charge < -0.3 is 0 Å². The van der Waals surface area contributed by atoms with Crippen LogP contribution in [0.25, 0.3) is 0 Å². The van der Waals surface area contributed by atoms with E-state index in [1.54, 1.807) is 0 Å². The molecule has 0 aromatic rings. The van der Waals surface area contributed by atoms with Crippen molar-refractivity contribution in [2.75, 3.05) is 0 Å². The monoisotopic (exact) mass is 503 g/mol. The minimum atomic E-state index is -0.250. The molecule has 137 valence electrons. The van der Waals surface area contributed by atoms with Crippen LogP contribution in [0, 0.1) is 12.8 Å². The van der Waals surface area contributed by atoms with Gasteiger partial charge in [-0.1, -0.05) is 124 Å². The number of hydrogen-bond acceptors (Lipinski definition) is 0. The zero-order valence-corrected chi connectivity index (χ0v) is 22.2. The maximum atomic E-state index is 4.33. The van der Waals surface area contributed by atoms with Crippen LogP contribution < -0.4 is 0 Å². The molecule has 0 fully saturated rings. The third-order valence-electron chi connectivity index (χ3n) is 4.43. The van der Waals surface area contributed by atoms with Crippen molar-refractivity contribution in [1.82, 2.24) is 0 Å². The van der Waals surface area contributed by atoms with Crippen molar-refractivity contribution in [3.05, 3.63) is 6.92 Å². The number of rotatable bonds is 16. The normalized spacial score (nSPS) is 11.5. The Morgan fingerprint density at radius 3 is 1.17 bits per heavy atom. The van der Waals surface area contributed by atoms with Crippen molar-refractivity contribution in [2.24, 2.45) is 5.92 Å². The second-order valence-electron chi connectivity index (χ2n) is 6.79. The Balaban J connectivity index is 0. The van der Waals surface area contributed by atoms with Crippen molar-refractivity contribution in [2.45, 2.75) is 117 Å². The van der Waals surface area contributed by atoms with E-state index in [2.05, 4.69) is 48.0 Å². The van der Waals surface area contributed by atoms with E-state index >= 15 is 0 Å². The van der Waals surface area contributed by atoms with Crippen LogP contribution in [-0.4, -0.2) is 0 Å². The fraction of sp³-hybridized carbons (Fsp3) is 0.950. The number of unbranched alkanes of at least 4 members (excludes halogenated alkanes) is 12. The van der Waals surface area contributed by atoms with Gasteiger partial charge in [0.15, 0.2) is 0 Å². The first-order valence-corrected chi connectivity index (χ1v) is 24.1. The molecule has 1 atom stereocenters. The summed E-state index contributed by atoms with van der Waals surface area (Å²) in [4.78, 5) is 0. The van der Waals surface area contributed by atoms with Gasteiger partial charge in [0.1, 0.15) is 0 Å². The van der Waals surface area contributed by atoms with E-state index in [1.165, 1.54) is 103 Å². The molecule has 0 aliphatic carbocycles. The first-order chi connectivity index (χ1) is 11.2. The molecule has 1 radical (unpaired) electrons. The van der Waals surface area contributed by atoms with Crippen molar-refractivity contribution < 1.29 is 13.2 Å². The van der Waals surface area contributed by atoms with Gasteiger partial charge in [0.05, 0.1) is 0 Å². The summed E-state index contributed by atoms with van der Waals surface area (Å²) in [6.45, 7) is 8.91. The molecule has 0 heterocycles. The molecule has 0 amide bonds. The van der Waals surface area contributed by atoms with Crippen LogP contribution in [0.5, 0.6) is 0 Å². The Bertz CT molecular complexity index is 188. The quantitative estimate of drug-likeness (QED) is 0.144. The van der Waals surface area contributed by atoms with E-state index in [-0.39, 0.29) is 13.2 Å². The SMILES string of the molecule is [Br][Zn][Br].[CH2]C(CCCCCCCC)CCCCCCCCCC. The van der Waals surface area contributed by atoms with Gasteiger partial charge in [-0.15, -0.1) is 0 Å². The molecule has 0 bridgehead atoms. The van der Waals surface area contributed by atoms with Gasteiger partial charge in [-0.3, -0.25) is 0 Å². The third-order valence-corrected chi connectivity index (χ3v) is 4.43.